The molecule has 0 aliphatic heterocycles. The van der Waals surface area contributed by atoms with Gasteiger partial charge in [-0.25, -0.2) is 8.78 Å². The highest BCUT2D eigenvalue weighted by atomic mass is 19.1. The molecule has 5 heteroatoms. The molecule has 3 nitrogen and oxygen atoms in total. The molecule has 0 bridgehead atoms. The van der Waals surface area contributed by atoms with E-state index in [0.717, 1.165) is 17.7 Å². The van der Waals surface area contributed by atoms with Crippen LogP contribution in [-0.2, 0) is 0 Å². The zero-order valence-electron chi connectivity index (χ0n) is 11.8. The summed E-state index contributed by atoms with van der Waals surface area (Å²) in [5.74, 6) is -2.07. The number of carbonyl (C=O) groups excluding carboxylic acids is 1. The number of para-hydroxylation sites is 1. The average Bonchev–Trinajstić information content (AvgIpc) is 2.97. The monoisotopic (exact) mass is 308 g/mol. The molecule has 3 aromatic rings. The number of H-pyrrole nitrogens is 1. The number of ketones is 1. The number of nitrogens with one attached hydrogen (secondary N) is 1. The van der Waals surface area contributed by atoms with Gasteiger partial charge in [0.15, 0.2) is 0 Å². The third kappa shape index (κ3) is 2.74. The molecule has 0 aliphatic carbocycles. The molecule has 0 saturated heterocycles. The summed E-state index contributed by atoms with van der Waals surface area (Å²) in [5.41, 5.74) is 0.855. The second-order valence-corrected chi connectivity index (χ2v) is 4.91. The van der Waals surface area contributed by atoms with Crippen molar-refractivity contribution in [3.8, 4) is 6.07 Å². The highest BCUT2D eigenvalue weighted by molar-refractivity contribution is 6.19. The smallest absolute Gasteiger partial charge is 0.205 e. The maximum atomic E-state index is 13.7. The molecule has 112 valence electrons. The lowest BCUT2D eigenvalue weighted by Gasteiger charge is -2.00. The van der Waals surface area contributed by atoms with E-state index in [2.05, 4.69) is 4.98 Å². The van der Waals surface area contributed by atoms with E-state index in [1.807, 2.05) is 12.1 Å². The number of benzene rings is 2. The number of aromatic nitrogens is 1. The summed E-state index contributed by atoms with van der Waals surface area (Å²) in [6.45, 7) is 0. The maximum Gasteiger partial charge on any atom is 0.205 e. The van der Waals surface area contributed by atoms with Crippen molar-refractivity contribution in [2.24, 2.45) is 0 Å². The molecule has 0 saturated carbocycles. The summed E-state index contributed by atoms with van der Waals surface area (Å²) in [6.07, 6.45) is 2.64. The van der Waals surface area contributed by atoms with Crippen molar-refractivity contribution in [1.29, 1.82) is 5.26 Å². The molecule has 0 atom stereocenters. The number of rotatable bonds is 3. The van der Waals surface area contributed by atoms with E-state index in [-0.39, 0.29) is 11.1 Å². The van der Waals surface area contributed by atoms with Crippen LogP contribution in [0.5, 0.6) is 0 Å². The van der Waals surface area contributed by atoms with Gasteiger partial charge in [-0.3, -0.25) is 4.79 Å². The van der Waals surface area contributed by atoms with E-state index in [0.29, 0.717) is 17.0 Å². The number of Topliss-reactive ketones (excluding diaryl/α,β-unsaturated/α-hetero) is 1. The molecule has 0 amide bonds. The number of carbonyl (C=O) groups is 1. The summed E-state index contributed by atoms with van der Waals surface area (Å²) in [5, 5.41) is 9.91. The fraction of sp³-hybridized carbons (Fsp3) is 0. The van der Waals surface area contributed by atoms with Crippen molar-refractivity contribution in [2.75, 3.05) is 0 Å². The Bertz CT molecular complexity index is 980. The Morgan fingerprint density at radius 3 is 2.70 bits per heavy atom. The topological polar surface area (TPSA) is 56.6 Å². The first-order chi connectivity index (χ1) is 11.1. The van der Waals surface area contributed by atoms with Gasteiger partial charge in [-0.2, -0.15) is 5.26 Å². The van der Waals surface area contributed by atoms with Gasteiger partial charge in [0.05, 0.1) is 0 Å². The highest BCUT2D eigenvalue weighted by Crippen LogP contribution is 2.22. The van der Waals surface area contributed by atoms with Crippen LogP contribution in [0.2, 0.25) is 0 Å². The first kappa shape index (κ1) is 14.7. The Hall–Kier alpha value is -3.26. The molecule has 1 aromatic heterocycles. The fourth-order valence-electron chi connectivity index (χ4n) is 2.33. The molecule has 1 N–H and O–H groups in total. The van der Waals surface area contributed by atoms with Crippen LogP contribution < -0.4 is 0 Å². The predicted octanol–water partition coefficient (Wildman–Crippen LogP) is 4.24. The van der Waals surface area contributed by atoms with Crippen molar-refractivity contribution >= 4 is 22.8 Å². The van der Waals surface area contributed by atoms with Gasteiger partial charge in [-0.1, -0.05) is 18.2 Å². The first-order valence-electron chi connectivity index (χ1n) is 6.78. The third-order valence-electron chi connectivity index (χ3n) is 3.46. The lowest BCUT2D eigenvalue weighted by molar-refractivity contribution is 0.104. The summed E-state index contributed by atoms with van der Waals surface area (Å²) < 4.78 is 26.6. The lowest BCUT2D eigenvalue weighted by atomic mass is 10.0. The Labute approximate surface area is 130 Å². The van der Waals surface area contributed by atoms with Crippen molar-refractivity contribution < 1.29 is 13.6 Å². The van der Waals surface area contributed by atoms with Gasteiger partial charge in [-0.05, 0) is 24.3 Å². The molecule has 0 spiro atoms. The van der Waals surface area contributed by atoms with Crippen LogP contribution in [0.15, 0.2) is 54.2 Å². The van der Waals surface area contributed by atoms with Gasteiger partial charge in [0.25, 0.3) is 0 Å². The van der Waals surface area contributed by atoms with E-state index in [9.17, 15) is 18.8 Å². The molecule has 3 rings (SSSR count). The number of nitriles is 1. The fourth-order valence-corrected chi connectivity index (χ4v) is 2.33. The summed E-state index contributed by atoms with van der Waals surface area (Å²) >= 11 is 0. The van der Waals surface area contributed by atoms with E-state index in [1.165, 1.54) is 12.3 Å². The standard InChI is InChI=1S/C18H10F2N2O/c19-13-6-5-11(16(20)8-13)7-12(9-21)18(23)15-10-22-17-4-2-1-3-14(15)17/h1-8,10,22H/b12-7+. The van der Waals surface area contributed by atoms with E-state index < -0.39 is 17.4 Å². The first-order valence-corrected chi connectivity index (χ1v) is 6.78. The van der Waals surface area contributed by atoms with Crippen molar-refractivity contribution in [1.82, 2.24) is 4.98 Å². The number of aromatic amines is 1. The van der Waals surface area contributed by atoms with E-state index in [4.69, 9.17) is 0 Å². The number of hydrogen-bond acceptors (Lipinski definition) is 2. The van der Waals surface area contributed by atoms with Crippen molar-refractivity contribution in [2.45, 2.75) is 0 Å². The molecule has 0 fully saturated rings. The van der Waals surface area contributed by atoms with Crippen molar-refractivity contribution in [3.05, 3.63) is 77.0 Å². The Balaban J connectivity index is 2.05. The minimum absolute atomic E-state index is 0.0175. The summed E-state index contributed by atoms with van der Waals surface area (Å²) in [6, 6.07) is 11.9. The lowest BCUT2D eigenvalue weighted by Crippen LogP contribution is -2.01. The van der Waals surface area contributed by atoms with Gasteiger partial charge in [0, 0.05) is 34.3 Å². The van der Waals surface area contributed by atoms with Gasteiger partial charge in [-0.15, -0.1) is 0 Å². The molecule has 0 unspecified atom stereocenters. The normalized spacial score (nSPS) is 11.4. The van der Waals surface area contributed by atoms with Crippen LogP contribution in [0, 0.1) is 23.0 Å². The van der Waals surface area contributed by atoms with Crippen molar-refractivity contribution in [3.63, 3.8) is 0 Å². The van der Waals surface area contributed by atoms with E-state index in [1.54, 1.807) is 18.2 Å². The van der Waals surface area contributed by atoms with Gasteiger partial charge < -0.3 is 4.98 Å². The van der Waals surface area contributed by atoms with Crippen LogP contribution in [0.1, 0.15) is 15.9 Å². The second-order valence-electron chi connectivity index (χ2n) is 4.91. The van der Waals surface area contributed by atoms with Crippen LogP contribution in [0.25, 0.3) is 17.0 Å². The zero-order valence-corrected chi connectivity index (χ0v) is 11.8. The predicted molar refractivity (Wildman–Crippen MR) is 82.6 cm³/mol. The second kappa shape index (κ2) is 5.85. The van der Waals surface area contributed by atoms with Crippen LogP contribution >= 0.6 is 0 Å². The molecule has 1 heterocycles. The SMILES string of the molecule is N#C/C(=C\c1ccc(F)cc1F)C(=O)c1c[nH]c2ccccc12. The summed E-state index contributed by atoms with van der Waals surface area (Å²) in [4.78, 5) is 15.5. The highest BCUT2D eigenvalue weighted by Gasteiger charge is 2.17. The third-order valence-corrected chi connectivity index (χ3v) is 3.46. The van der Waals surface area contributed by atoms with Gasteiger partial charge in [0.1, 0.15) is 23.3 Å². The van der Waals surface area contributed by atoms with Gasteiger partial charge in [0.2, 0.25) is 5.78 Å². The zero-order chi connectivity index (χ0) is 16.4. The van der Waals surface area contributed by atoms with E-state index >= 15 is 0 Å². The molecule has 0 aliphatic rings. The number of hydrogen-bond donors (Lipinski definition) is 1. The van der Waals surface area contributed by atoms with Crippen LogP contribution in [-0.4, -0.2) is 10.8 Å². The van der Waals surface area contributed by atoms with Crippen LogP contribution in [0.4, 0.5) is 8.78 Å². The number of fused-ring (bicyclic) bond motifs is 1. The maximum absolute atomic E-state index is 13.7. The van der Waals surface area contributed by atoms with Gasteiger partial charge >= 0.3 is 0 Å². The molecule has 0 radical (unpaired) electrons. The Morgan fingerprint density at radius 2 is 1.96 bits per heavy atom. The minimum Gasteiger partial charge on any atom is -0.360 e. The number of halogens is 2. The summed E-state index contributed by atoms with van der Waals surface area (Å²) in [7, 11) is 0. The molecule has 23 heavy (non-hydrogen) atoms. The molecule has 2 aromatic carbocycles. The number of allylic oxidation sites excluding steroid dienone is 1. The average molecular weight is 308 g/mol. The molecular weight excluding hydrogens is 298 g/mol. The minimum atomic E-state index is -0.829. The Kier molecular flexibility index (Phi) is 3.73. The van der Waals surface area contributed by atoms with Crippen LogP contribution in [0.3, 0.4) is 0 Å². The quantitative estimate of drug-likeness (QED) is 0.447. The number of nitrogens with zero attached hydrogens (tertiary/aromatic N) is 1. The molecular formula is C18H10F2N2O. The largest absolute Gasteiger partial charge is 0.360 e. The Morgan fingerprint density at radius 1 is 1.17 bits per heavy atom.